The van der Waals surface area contributed by atoms with Crippen LogP contribution in [-0.2, 0) is 9.59 Å². The molecule has 1 aliphatic heterocycles. The first-order chi connectivity index (χ1) is 14.5. The number of nitrogens with zero attached hydrogens (tertiary/aromatic N) is 3. The number of ether oxygens (including phenoxy) is 1. The Labute approximate surface area is 171 Å². The van der Waals surface area contributed by atoms with Gasteiger partial charge in [0.2, 0.25) is 11.8 Å². The van der Waals surface area contributed by atoms with Gasteiger partial charge in [-0.3, -0.25) is 14.9 Å². The molecular weight excluding hydrogens is 391 g/mol. The summed E-state index contributed by atoms with van der Waals surface area (Å²) >= 11 is 0. The fourth-order valence-corrected chi connectivity index (χ4v) is 3.21. The second kappa shape index (κ2) is 8.32. The van der Waals surface area contributed by atoms with Gasteiger partial charge in [-0.1, -0.05) is 23.3 Å². The molecule has 1 atom stereocenters. The molecule has 3 aromatic rings. The van der Waals surface area contributed by atoms with Crippen molar-refractivity contribution in [3.8, 4) is 5.75 Å². The van der Waals surface area contributed by atoms with Crippen molar-refractivity contribution in [1.82, 2.24) is 10.2 Å². The molecule has 1 aliphatic rings. The molecule has 1 fully saturated rings. The van der Waals surface area contributed by atoms with Crippen LogP contribution in [0.1, 0.15) is 23.8 Å². The highest BCUT2D eigenvalue weighted by molar-refractivity contribution is 5.96. The largest absolute Gasteiger partial charge is 0.483 e. The van der Waals surface area contributed by atoms with Crippen molar-refractivity contribution >= 4 is 23.5 Å². The molecule has 2 amide bonds. The minimum Gasteiger partial charge on any atom is -0.483 e. The minimum absolute atomic E-state index is 0.0592. The van der Waals surface area contributed by atoms with Crippen molar-refractivity contribution < 1.29 is 23.1 Å². The van der Waals surface area contributed by atoms with Gasteiger partial charge in [0.15, 0.2) is 6.61 Å². The van der Waals surface area contributed by atoms with Crippen molar-refractivity contribution in [2.75, 3.05) is 23.4 Å². The monoisotopic (exact) mass is 410 g/mol. The molecule has 4 rings (SSSR count). The number of nitrogens with one attached hydrogen (secondary N) is 1. The molecule has 2 aromatic carbocycles. The Kier molecular flexibility index (Phi) is 5.42. The van der Waals surface area contributed by atoms with Crippen molar-refractivity contribution in [2.45, 2.75) is 19.3 Å². The number of aryl methyl sites for hydroxylation is 1. The highest BCUT2D eigenvalue weighted by Gasteiger charge is 2.35. The van der Waals surface area contributed by atoms with E-state index >= 15 is 0 Å². The summed E-state index contributed by atoms with van der Waals surface area (Å²) in [5.41, 5.74) is 1.52. The number of anilines is 2. The van der Waals surface area contributed by atoms with Crippen LogP contribution in [0.2, 0.25) is 0 Å². The predicted molar refractivity (Wildman–Crippen MR) is 106 cm³/mol. The fraction of sp³-hybridized carbons (Fsp3) is 0.238. The van der Waals surface area contributed by atoms with E-state index in [1.54, 1.807) is 23.1 Å². The predicted octanol–water partition coefficient (Wildman–Crippen LogP) is 3.06. The molecule has 0 radical (unpaired) electrons. The molecule has 0 aliphatic carbocycles. The molecule has 2 heterocycles. The zero-order chi connectivity index (χ0) is 21.1. The Morgan fingerprint density at radius 2 is 2.00 bits per heavy atom. The van der Waals surface area contributed by atoms with Crippen LogP contribution in [-0.4, -0.2) is 35.2 Å². The van der Waals surface area contributed by atoms with E-state index in [-0.39, 0.29) is 42.6 Å². The summed E-state index contributed by atoms with van der Waals surface area (Å²) in [6, 6.07) is 13.0. The number of rotatable bonds is 6. The number of aromatic nitrogens is 2. The topological polar surface area (TPSA) is 97.6 Å². The summed E-state index contributed by atoms with van der Waals surface area (Å²) in [6.07, 6.45) is 0.184. The minimum atomic E-state index is -0.441. The van der Waals surface area contributed by atoms with E-state index in [4.69, 9.17) is 9.15 Å². The SMILES string of the molecule is Cc1ccccc1OCC(=O)Nc1nnc(C2CC(=O)N(c3ccc(F)cc3)C2)o1. The molecule has 154 valence electrons. The van der Waals surface area contributed by atoms with E-state index in [2.05, 4.69) is 15.5 Å². The molecule has 8 nitrogen and oxygen atoms in total. The summed E-state index contributed by atoms with van der Waals surface area (Å²) in [7, 11) is 0. The number of benzene rings is 2. The maximum atomic E-state index is 13.1. The van der Waals surface area contributed by atoms with Crippen molar-refractivity contribution in [3.63, 3.8) is 0 Å². The van der Waals surface area contributed by atoms with Crippen LogP contribution in [0.3, 0.4) is 0 Å². The highest BCUT2D eigenvalue weighted by atomic mass is 19.1. The number of halogens is 1. The van der Waals surface area contributed by atoms with Gasteiger partial charge >= 0.3 is 6.01 Å². The average Bonchev–Trinajstić information content (AvgIpc) is 3.34. The van der Waals surface area contributed by atoms with Crippen molar-refractivity contribution in [2.24, 2.45) is 0 Å². The lowest BCUT2D eigenvalue weighted by Gasteiger charge is -2.15. The van der Waals surface area contributed by atoms with Gasteiger partial charge in [0, 0.05) is 18.7 Å². The second-order valence-corrected chi connectivity index (χ2v) is 6.93. The average molecular weight is 410 g/mol. The first-order valence-corrected chi connectivity index (χ1v) is 9.37. The Hall–Kier alpha value is -3.75. The third kappa shape index (κ3) is 4.29. The van der Waals surface area contributed by atoms with Crippen LogP contribution in [0.4, 0.5) is 16.1 Å². The smallest absolute Gasteiger partial charge is 0.322 e. The van der Waals surface area contributed by atoms with Crippen LogP contribution in [0.15, 0.2) is 52.9 Å². The second-order valence-electron chi connectivity index (χ2n) is 6.93. The highest BCUT2D eigenvalue weighted by Crippen LogP contribution is 2.31. The van der Waals surface area contributed by atoms with E-state index < -0.39 is 5.91 Å². The summed E-state index contributed by atoms with van der Waals surface area (Å²) in [4.78, 5) is 26.0. The summed E-state index contributed by atoms with van der Waals surface area (Å²) < 4.78 is 24.1. The van der Waals surface area contributed by atoms with Crippen LogP contribution in [0, 0.1) is 12.7 Å². The van der Waals surface area contributed by atoms with Crippen LogP contribution in [0.25, 0.3) is 0 Å². The quantitative estimate of drug-likeness (QED) is 0.671. The van der Waals surface area contributed by atoms with Crippen molar-refractivity contribution in [3.05, 3.63) is 65.8 Å². The summed E-state index contributed by atoms with van der Waals surface area (Å²) in [5, 5.41) is 10.3. The van der Waals surface area contributed by atoms with E-state index in [1.165, 1.54) is 12.1 Å². The normalized spacial score (nSPS) is 16.0. The van der Waals surface area contributed by atoms with Gasteiger partial charge in [-0.15, -0.1) is 5.10 Å². The van der Waals surface area contributed by atoms with E-state index in [9.17, 15) is 14.0 Å². The maximum Gasteiger partial charge on any atom is 0.322 e. The van der Waals surface area contributed by atoms with Gasteiger partial charge in [-0.05, 0) is 42.8 Å². The molecular formula is C21H19FN4O4. The van der Waals surface area contributed by atoms with Gasteiger partial charge in [0.25, 0.3) is 5.91 Å². The first kappa shape index (κ1) is 19.6. The van der Waals surface area contributed by atoms with Gasteiger partial charge < -0.3 is 14.1 Å². The molecule has 0 bridgehead atoms. The van der Waals surface area contributed by atoms with Gasteiger partial charge in [-0.2, -0.15) is 0 Å². The Morgan fingerprint density at radius 3 is 2.77 bits per heavy atom. The van der Waals surface area contributed by atoms with Crippen molar-refractivity contribution in [1.29, 1.82) is 0 Å². The first-order valence-electron chi connectivity index (χ1n) is 9.37. The van der Waals surface area contributed by atoms with Crippen LogP contribution >= 0.6 is 0 Å². The molecule has 9 heteroatoms. The number of amides is 2. The third-order valence-electron chi connectivity index (χ3n) is 4.75. The zero-order valence-electron chi connectivity index (χ0n) is 16.2. The number of carbonyl (C=O) groups is 2. The number of carbonyl (C=O) groups excluding carboxylic acids is 2. The Morgan fingerprint density at radius 1 is 1.23 bits per heavy atom. The molecule has 0 saturated carbocycles. The maximum absolute atomic E-state index is 13.1. The number of hydrogen-bond donors (Lipinski definition) is 1. The summed E-state index contributed by atoms with van der Waals surface area (Å²) in [5.74, 6) is -0.382. The summed E-state index contributed by atoms with van der Waals surface area (Å²) in [6.45, 7) is 2.01. The number of hydrogen-bond acceptors (Lipinski definition) is 6. The van der Waals surface area contributed by atoms with E-state index in [0.717, 1.165) is 5.56 Å². The standard InChI is InChI=1S/C21H19FN4O4/c1-13-4-2-3-5-17(13)29-12-18(27)23-21-25-24-20(30-21)14-10-19(28)26(11-14)16-8-6-15(22)7-9-16/h2-9,14H,10-12H2,1H3,(H,23,25,27). The molecule has 0 spiro atoms. The zero-order valence-corrected chi connectivity index (χ0v) is 16.2. The van der Waals surface area contributed by atoms with Crippen LogP contribution < -0.4 is 15.0 Å². The lowest BCUT2D eigenvalue weighted by Crippen LogP contribution is -2.24. The van der Waals surface area contributed by atoms with Crippen LogP contribution in [0.5, 0.6) is 5.75 Å². The molecule has 1 N–H and O–H groups in total. The molecule has 1 aromatic heterocycles. The Bertz CT molecular complexity index is 1070. The van der Waals surface area contributed by atoms with E-state index in [1.807, 2.05) is 25.1 Å². The Balaban J connectivity index is 1.35. The lowest BCUT2D eigenvalue weighted by molar-refractivity contribution is -0.118. The lowest BCUT2D eigenvalue weighted by atomic mass is 10.1. The molecule has 30 heavy (non-hydrogen) atoms. The van der Waals surface area contributed by atoms with E-state index in [0.29, 0.717) is 18.0 Å². The fourth-order valence-electron chi connectivity index (χ4n) is 3.21. The van der Waals surface area contributed by atoms with Gasteiger partial charge in [0.1, 0.15) is 11.6 Å². The number of para-hydroxylation sites is 1. The van der Waals surface area contributed by atoms with Gasteiger partial charge in [0.05, 0.1) is 5.92 Å². The third-order valence-corrected chi connectivity index (χ3v) is 4.75. The molecule has 1 unspecified atom stereocenters. The van der Waals surface area contributed by atoms with Gasteiger partial charge in [-0.25, -0.2) is 4.39 Å². The molecule has 1 saturated heterocycles.